The number of ether oxygens (including phenoxy) is 4. The summed E-state index contributed by atoms with van der Waals surface area (Å²) in [5.41, 5.74) is 4.95. The van der Waals surface area contributed by atoms with Crippen LogP contribution in [-0.4, -0.2) is 89.4 Å². The number of hydrogen-bond donors (Lipinski definition) is 3. The molecule has 1 aromatic rings. The standard InChI is InChI=1S/C24H46N4O7Si/c1-18-16-28(23(30)27-22(18)29)21-15-19(35-36(5,6)24(2,3)4)20(34-21)17-33-12-9-26-8-11-32-14-13-31-10-7-25/h16,19-21,26H,7-15,17,25H2,1-6H3,(H,27,29,30)/t19-,20+,21+/m0/s1. The Morgan fingerprint density at radius 2 is 1.75 bits per heavy atom. The van der Waals surface area contributed by atoms with Crippen LogP contribution in [0.4, 0.5) is 0 Å². The van der Waals surface area contributed by atoms with E-state index in [2.05, 4.69) is 44.2 Å². The van der Waals surface area contributed by atoms with Gasteiger partial charge >= 0.3 is 5.69 Å². The predicted molar refractivity (Wildman–Crippen MR) is 141 cm³/mol. The van der Waals surface area contributed by atoms with Crippen LogP contribution >= 0.6 is 0 Å². The molecule has 1 fully saturated rings. The molecule has 0 amide bonds. The van der Waals surface area contributed by atoms with E-state index in [1.807, 2.05) is 0 Å². The van der Waals surface area contributed by atoms with Gasteiger partial charge < -0.3 is 34.4 Å². The molecule has 0 unspecified atom stereocenters. The second-order valence-corrected chi connectivity index (χ2v) is 15.4. The Morgan fingerprint density at radius 1 is 1.11 bits per heavy atom. The van der Waals surface area contributed by atoms with Crippen LogP contribution in [0.1, 0.15) is 39.0 Å². The van der Waals surface area contributed by atoms with E-state index in [0.29, 0.717) is 71.3 Å². The van der Waals surface area contributed by atoms with Crippen LogP contribution in [0.15, 0.2) is 15.8 Å². The molecule has 0 radical (unpaired) electrons. The van der Waals surface area contributed by atoms with E-state index in [0.717, 1.165) is 0 Å². The molecule has 208 valence electrons. The molecule has 0 aromatic carbocycles. The number of aromatic amines is 1. The number of H-pyrrole nitrogens is 1. The fourth-order valence-electron chi connectivity index (χ4n) is 3.52. The van der Waals surface area contributed by atoms with Crippen molar-refractivity contribution in [3.05, 3.63) is 32.6 Å². The van der Waals surface area contributed by atoms with Crippen molar-refractivity contribution in [2.45, 2.75) is 70.7 Å². The van der Waals surface area contributed by atoms with E-state index in [1.165, 1.54) is 4.57 Å². The molecule has 1 saturated heterocycles. The van der Waals surface area contributed by atoms with Gasteiger partial charge in [0.1, 0.15) is 12.3 Å². The Labute approximate surface area is 215 Å². The molecule has 2 rings (SSSR count). The Morgan fingerprint density at radius 3 is 2.39 bits per heavy atom. The summed E-state index contributed by atoms with van der Waals surface area (Å²) in [6.45, 7) is 17.6. The summed E-state index contributed by atoms with van der Waals surface area (Å²) in [6.07, 6.45) is 1.00. The third-order valence-electron chi connectivity index (χ3n) is 6.65. The molecule has 2 heterocycles. The average molecular weight is 531 g/mol. The third-order valence-corrected chi connectivity index (χ3v) is 11.2. The molecule has 1 aliphatic heterocycles. The molecule has 0 aliphatic carbocycles. The summed E-state index contributed by atoms with van der Waals surface area (Å²) >= 11 is 0. The Balaban J connectivity index is 1.86. The molecule has 12 heteroatoms. The van der Waals surface area contributed by atoms with E-state index < -0.39 is 20.2 Å². The Bertz CT molecular complexity index is 900. The smallest absolute Gasteiger partial charge is 0.330 e. The second kappa shape index (κ2) is 14.5. The molecule has 3 atom stereocenters. The van der Waals surface area contributed by atoms with Gasteiger partial charge in [0.2, 0.25) is 0 Å². The highest BCUT2D eigenvalue weighted by Crippen LogP contribution is 2.41. The summed E-state index contributed by atoms with van der Waals surface area (Å²) in [7, 11) is -2.08. The summed E-state index contributed by atoms with van der Waals surface area (Å²) in [5.74, 6) is 0. The van der Waals surface area contributed by atoms with Gasteiger partial charge in [-0.05, 0) is 25.1 Å². The highest BCUT2D eigenvalue weighted by molar-refractivity contribution is 6.74. The third kappa shape index (κ3) is 9.49. The molecule has 4 N–H and O–H groups in total. The fraction of sp³-hybridized carbons (Fsp3) is 0.833. The van der Waals surface area contributed by atoms with Gasteiger partial charge in [0.15, 0.2) is 8.32 Å². The molecular weight excluding hydrogens is 484 g/mol. The maximum atomic E-state index is 12.4. The lowest BCUT2D eigenvalue weighted by molar-refractivity contribution is -0.0610. The zero-order chi connectivity index (χ0) is 26.8. The van der Waals surface area contributed by atoms with E-state index in [-0.39, 0.29) is 22.8 Å². The van der Waals surface area contributed by atoms with Crippen LogP contribution in [0, 0.1) is 6.92 Å². The van der Waals surface area contributed by atoms with E-state index in [4.69, 9.17) is 29.1 Å². The highest BCUT2D eigenvalue weighted by atomic mass is 28.4. The predicted octanol–water partition coefficient (Wildman–Crippen LogP) is 1.12. The zero-order valence-corrected chi connectivity index (χ0v) is 23.8. The van der Waals surface area contributed by atoms with E-state index in [9.17, 15) is 9.59 Å². The summed E-state index contributed by atoms with van der Waals surface area (Å²) in [6, 6.07) is 0. The van der Waals surface area contributed by atoms with Crippen molar-refractivity contribution in [3.8, 4) is 0 Å². The van der Waals surface area contributed by atoms with Crippen molar-refractivity contribution in [2.75, 3.05) is 59.3 Å². The Hall–Kier alpha value is -1.38. The maximum absolute atomic E-state index is 12.4. The summed E-state index contributed by atoms with van der Waals surface area (Å²) in [4.78, 5) is 26.6. The largest absolute Gasteiger partial charge is 0.411 e. The minimum atomic E-state index is -2.08. The maximum Gasteiger partial charge on any atom is 0.330 e. The summed E-state index contributed by atoms with van der Waals surface area (Å²) in [5, 5.41) is 3.31. The first-order valence-electron chi connectivity index (χ1n) is 12.8. The van der Waals surface area contributed by atoms with Crippen LogP contribution in [-0.2, 0) is 23.4 Å². The van der Waals surface area contributed by atoms with Crippen LogP contribution in [0.25, 0.3) is 0 Å². The highest BCUT2D eigenvalue weighted by Gasteiger charge is 2.45. The van der Waals surface area contributed by atoms with Crippen molar-refractivity contribution in [1.29, 1.82) is 0 Å². The van der Waals surface area contributed by atoms with Crippen LogP contribution < -0.4 is 22.3 Å². The Kier molecular flexibility index (Phi) is 12.4. The SMILES string of the molecule is Cc1cn([C@H]2C[C@H](O[Si](C)(C)C(C)(C)C)[C@@H](COCCNCCOCCOCCN)O2)c(=O)[nH]c1=O. The van der Waals surface area contributed by atoms with Crippen molar-refractivity contribution in [1.82, 2.24) is 14.9 Å². The minimum Gasteiger partial charge on any atom is -0.411 e. The lowest BCUT2D eigenvalue weighted by Crippen LogP contribution is -2.46. The van der Waals surface area contributed by atoms with Crippen molar-refractivity contribution in [2.24, 2.45) is 5.73 Å². The normalized spacial score (nSPS) is 20.8. The van der Waals surface area contributed by atoms with Gasteiger partial charge in [0.05, 0.1) is 45.7 Å². The van der Waals surface area contributed by atoms with Crippen molar-refractivity contribution < 1.29 is 23.4 Å². The molecule has 1 aliphatic rings. The molecule has 0 bridgehead atoms. The van der Waals surface area contributed by atoms with Crippen LogP contribution in [0.2, 0.25) is 18.1 Å². The van der Waals surface area contributed by atoms with Crippen molar-refractivity contribution in [3.63, 3.8) is 0 Å². The molecular formula is C24H46N4O7Si. The zero-order valence-electron chi connectivity index (χ0n) is 22.8. The number of nitrogens with zero attached hydrogens (tertiary/aromatic N) is 1. The fourth-order valence-corrected chi connectivity index (χ4v) is 4.88. The topological polar surface area (TPSA) is 139 Å². The van der Waals surface area contributed by atoms with E-state index >= 15 is 0 Å². The lowest BCUT2D eigenvalue weighted by atomic mass is 10.2. The minimum absolute atomic E-state index is 0.0322. The van der Waals surface area contributed by atoms with Gasteiger partial charge in [-0.15, -0.1) is 0 Å². The average Bonchev–Trinajstić information content (AvgIpc) is 3.17. The number of rotatable bonds is 16. The van der Waals surface area contributed by atoms with Crippen molar-refractivity contribution >= 4 is 8.32 Å². The monoisotopic (exact) mass is 530 g/mol. The quantitative estimate of drug-likeness (QED) is 0.212. The first kappa shape index (κ1) is 30.8. The second-order valence-electron chi connectivity index (χ2n) is 10.6. The lowest BCUT2D eigenvalue weighted by Gasteiger charge is -2.39. The first-order chi connectivity index (χ1) is 17.0. The number of aromatic nitrogens is 2. The van der Waals surface area contributed by atoms with Gasteiger partial charge in [-0.1, -0.05) is 20.8 Å². The molecule has 11 nitrogen and oxygen atoms in total. The van der Waals surface area contributed by atoms with Gasteiger partial charge in [-0.3, -0.25) is 14.3 Å². The number of hydrogen-bond acceptors (Lipinski definition) is 9. The molecule has 36 heavy (non-hydrogen) atoms. The van der Waals surface area contributed by atoms with Gasteiger partial charge in [-0.2, -0.15) is 0 Å². The first-order valence-corrected chi connectivity index (χ1v) is 15.7. The van der Waals surface area contributed by atoms with Gasteiger partial charge in [0.25, 0.3) is 5.56 Å². The summed E-state index contributed by atoms with van der Waals surface area (Å²) < 4.78 is 31.0. The molecule has 0 spiro atoms. The van der Waals surface area contributed by atoms with E-state index in [1.54, 1.807) is 13.1 Å². The number of nitrogens with one attached hydrogen (secondary N) is 2. The van der Waals surface area contributed by atoms with Crippen LogP contribution in [0.3, 0.4) is 0 Å². The van der Waals surface area contributed by atoms with Crippen LogP contribution in [0.5, 0.6) is 0 Å². The molecule has 1 aromatic heterocycles. The van der Waals surface area contributed by atoms with Gasteiger partial charge in [0, 0.05) is 37.8 Å². The molecule has 0 saturated carbocycles. The van der Waals surface area contributed by atoms with Gasteiger partial charge in [-0.25, -0.2) is 4.79 Å². The number of nitrogens with two attached hydrogens (primary N) is 1. The number of aryl methyl sites for hydroxylation is 1.